The monoisotopic (exact) mass is 354 g/mol. The second-order valence-electron chi connectivity index (χ2n) is 6.17. The smallest absolute Gasteiger partial charge is 0.260 e. The minimum atomic E-state index is -0.182. The van der Waals surface area contributed by atoms with E-state index in [-0.39, 0.29) is 12.0 Å². The van der Waals surface area contributed by atoms with Gasteiger partial charge in [-0.3, -0.25) is 9.69 Å². The topological polar surface area (TPSA) is 42.4 Å². The van der Waals surface area contributed by atoms with Crippen LogP contribution in [0.3, 0.4) is 0 Å². The Labute approximate surface area is 154 Å². The van der Waals surface area contributed by atoms with E-state index >= 15 is 0 Å². The van der Waals surface area contributed by atoms with Crippen LogP contribution in [0.1, 0.15) is 47.4 Å². The van der Waals surface area contributed by atoms with Crippen molar-refractivity contribution in [2.24, 2.45) is 0 Å². The van der Waals surface area contributed by atoms with Crippen molar-refractivity contribution in [1.82, 2.24) is 4.98 Å². The number of amides is 1. The van der Waals surface area contributed by atoms with Gasteiger partial charge in [0.2, 0.25) is 0 Å². The van der Waals surface area contributed by atoms with E-state index in [1.54, 1.807) is 19.3 Å². The summed E-state index contributed by atoms with van der Waals surface area (Å²) in [6, 6.07) is 7.36. The fourth-order valence-electron chi connectivity index (χ4n) is 3.20. The Morgan fingerprint density at radius 3 is 2.96 bits per heavy atom. The molecule has 4 nitrogen and oxygen atoms in total. The Kier molecular flexibility index (Phi) is 5.45. The first-order chi connectivity index (χ1) is 12.0. The molecule has 1 aromatic carbocycles. The van der Waals surface area contributed by atoms with Crippen molar-refractivity contribution >= 4 is 36.6 Å². The van der Waals surface area contributed by atoms with E-state index in [0.717, 1.165) is 30.4 Å². The highest BCUT2D eigenvalue weighted by atomic mass is 35.5. The SMILES string of the molecule is [B]c1cnc(N(C)C(=O)c2c(Cl)cccc2CC)c(C2CCCO2)c1. The predicted molar refractivity (Wildman–Crippen MR) is 101 cm³/mol. The average Bonchev–Trinajstić information content (AvgIpc) is 3.14. The molecule has 6 heteroatoms. The van der Waals surface area contributed by atoms with Gasteiger partial charge < -0.3 is 4.74 Å². The zero-order valence-electron chi connectivity index (χ0n) is 14.5. The molecular formula is C19H20BClN2O2. The average molecular weight is 355 g/mol. The standard InChI is InChI=1S/C19H20BClN2O2/c1-3-12-6-4-7-15(21)17(12)19(24)23(2)18-14(10-13(20)11-22-18)16-8-5-9-25-16/h4,6-7,10-11,16H,3,5,8-9H2,1-2H3. The van der Waals surface area contributed by atoms with Gasteiger partial charge >= 0.3 is 0 Å². The Morgan fingerprint density at radius 1 is 1.48 bits per heavy atom. The summed E-state index contributed by atoms with van der Waals surface area (Å²) >= 11 is 6.31. The molecule has 1 saturated heterocycles. The maximum absolute atomic E-state index is 13.1. The molecule has 1 aromatic heterocycles. The number of hydrogen-bond donors (Lipinski definition) is 0. The maximum atomic E-state index is 13.1. The number of nitrogens with zero attached hydrogens (tertiary/aromatic N) is 2. The van der Waals surface area contributed by atoms with E-state index < -0.39 is 0 Å². The highest BCUT2D eigenvalue weighted by Crippen LogP contribution is 2.34. The van der Waals surface area contributed by atoms with Crippen LogP contribution < -0.4 is 10.4 Å². The minimum Gasteiger partial charge on any atom is -0.373 e. The summed E-state index contributed by atoms with van der Waals surface area (Å²) in [6.45, 7) is 2.71. The van der Waals surface area contributed by atoms with Gasteiger partial charge in [-0.2, -0.15) is 0 Å². The zero-order valence-corrected chi connectivity index (χ0v) is 15.2. The van der Waals surface area contributed by atoms with Gasteiger partial charge in [-0.05, 0) is 30.9 Å². The summed E-state index contributed by atoms with van der Waals surface area (Å²) in [5.41, 5.74) is 2.84. The molecule has 0 N–H and O–H groups in total. The Balaban J connectivity index is 2.01. The van der Waals surface area contributed by atoms with E-state index in [1.807, 2.05) is 25.1 Å². The molecule has 2 heterocycles. The predicted octanol–water partition coefficient (Wildman–Crippen LogP) is 3.22. The molecule has 1 amide bonds. The van der Waals surface area contributed by atoms with Crippen LogP contribution in [0.5, 0.6) is 0 Å². The molecular weight excluding hydrogens is 334 g/mol. The van der Waals surface area contributed by atoms with Gasteiger partial charge in [-0.25, -0.2) is 4.98 Å². The van der Waals surface area contributed by atoms with E-state index in [9.17, 15) is 4.79 Å². The van der Waals surface area contributed by atoms with Crippen molar-refractivity contribution in [3.8, 4) is 0 Å². The molecule has 1 aliphatic heterocycles. The van der Waals surface area contributed by atoms with Gasteiger partial charge in [0.15, 0.2) is 0 Å². The van der Waals surface area contributed by atoms with Crippen LogP contribution >= 0.6 is 11.6 Å². The molecule has 1 unspecified atom stereocenters. The summed E-state index contributed by atoms with van der Waals surface area (Å²) in [5.74, 6) is 0.382. The molecule has 1 atom stereocenters. The fourth-order valence-corrected chi connectivity index (χ4v) is 3.47. The molecule has 1 aliphatic rings. The van der Waals surface area contributed by atoms with E-state index in [0.29, 0.717) is 28.5 Å². The summed E-state index contributed by atoms with van der Waals surface area (Å²) in [4.78, 5) is 19.1. The number of pyridine rings is 1. The van der Waals surface area contributed by atoms with Crippen molar-refractivity contribution < 1.29 is 9.53 Å². The molecule has 2 radical (unpaired) electrons. The molecule has 25 heavy (non-hydrogen) atoms. The fraction of sp³-hybridized carbons (Fsp3) is 0.368. The van der Waals surface area contributed by atoms with Crippen LogP contribution in [0.25, 0.3) is 0 Å². The normalized spacial score (nSPS) is 16.8. The highest BCUT2D eigenvalue weighted by molar-refractivity contribution is 6.35. The van der Waals surface area contributed by atoms with Crippen molar-refractivity contribution in [2.45, 2.75) is 32.3 Å². The van der Waals surface area contributed by atoms with Gasteiger partial charge in [-0.1, -0.05) is 42.2 Å². The molecule has 3 rings (SSSR count). The summed E-state index contributed by atoms with van der Waals surface area (Å²) in [6.07, 6.45) is 4.08. The van der Waals surface area contributed by atoms with Crippen molar-refractivity contribution in [1.29, 1.82) is 0 Å². The highest BCUT2D eigenvalue weighted by Gasteiger charge is 2.27. The molecule has 2 aromatic rings. The number of aryl methyl sites for hydroxylation is 1. The van der Waals surface area contributed by atoms with Gasteiger partial charge in [-0.15, -0.1) is 0 Å². The zero-order chi connectivity index (χ0) is 18.0. The summed E-state index contributed by atoms with van der Waals surface area (Å²) < 4.78 is 5.78. The Morgan fingerprint density at radius 2 is 2.28 bits per heavy atom. The number of aromatic nitrogens is 1. The quantitative estimate of drug-likeness (QED) is 0.792. The van der Waals surface area contributed by atoms with Crippen LogP contribution in [-0.4, -0.2) is 32.4 Å². The first-order valence-corrected chi connectivity index (χ1v) is 8.83. The second kappa shape index (κ2) is 7.59. The third-order valence-corrected chi connectivity index (χ3v) is 4.82. The lowest BCUT2D eigenvalue weighted by atomic mass is 9.94. The third-order valence-electron chi connectivity index (χ3n) is 4.51. The largest absolute Gasteiger partial charge is 0.373 e. The van der Waals surface area contributed by atoms with E-state index in [1.165, 1.54) is 4.90 Å². The molecule has 128 valence electrons. The van der Waals surface area contributed by atoms with Gasteiger partial charge in [0.25, 0.3) is 5.91 Å². The summed E-state index contributed by atoms with van der Waals surface area (Å²) in [7, 11) is 7.62. The lowest BCUT2D eigenvalue weighted by Crippen LogP contribution is -2.30. The van der Waals surface area contributed by atoms with Crippen molar-refractivity contribution in [2.75, 3.05) is 18.6 Å². The second-order valence-corrected chi connectivity index (χ2v) is 6.58. The Bertz CT molecular complexity index is 791. The third kappa shape index (κ3) is 3.58. The first kappa shape index (κ1) is 18.0. The van der Waals surface area contributed by atoms with E-state index in [4.69, 9.17) is 24.2 Å². The number of anilines is 1. The lowest BCUT2D eigenvalue weighted by molar-refractivity contribution is 0.0987. The number of carbonyl (C=O) groups excluding carboxylic acids is 1. The number of hydrogen-bond acceptors (Lipinski definition) is 3. The number of halogens is 1. The molecule has 0 aliphatic carbocycles. The minimum absolute atomic E-state index is 0.0851. The van der Waals surface area contributed by atoms with Crippen LogP contribution in [0.4, 0.5) is 5.82 Å². The lowest BCUT2D eigenvalue weighted by Gasteiger charge is -2.24. The molecule has 1 fully saturated rings. The summed E-state index contributed by atoms with van der Waals surface area (Å²) in [5, 5.41) is 0.449. The first-order valence-electron chi connectivity index (χ1n) is 8.45. The molecule has 0 saturated carbocycles. The van der Waals surface area contributed by atoms with Gasteiger partial charge in [0.05, 0.1) is 16.7 Å². The van der Waals surface area contributed by atoms with E-state index in [2.05, 4.69) is 4.98 Å². The number of rotatable bonds is 4. The van der Waals surface area contributed by atoms with Crippen molar-refractivity contribution in [3.63, 3.8) is 0 Å². The van der Waals surface area contributed by atoms with Crippen LogP contribution in [0.15, 0.2) is 30.5 Å². The molecule has 0 bridgehead atoms. The van der Waals surface area contributed by atoms with Gasteiger partial charge in [0.1, 0.15) is 13.7 Å². The van der Waals surface area contributed by atoms with Crippen LogP contribution in [0, 0.1) is 0 Å². The van der Waals surface area contributed by atoms with Crippen LogP contribution in [-0.2, 0) is 11.2 Å². The van der Waals surface area contributed by atoms with Gasteiger partial charge in [0, 0.05) is 25.4 Å². The number of carbonyl (C=O) groups is 1. The number of benzene rings is 1. The van der Waals surface area contributed by atoms with Crippen molar-refractivity contribution in [3.05, 3.63) is 52.2 Å². The number of ether oxygens (including phenoxy) is 1. The maximum Gasteiger partial charge on any atom is 0.260 e. The Hall–Kier alpha value is -1.85. The molecule has 0 spiro atoms. The van der Waals surface area contributed by atoms with Crippen LogP contribution in [0.2, 0.25) is 5.02 Å².